The fraction of sp³-hybridized carbons (Fsp3) is 0.200. The molecule has 0 N–H and O–H groups in total. The fourth-order valence-electron chi connectivity index (χ4n) is 2.29. The number of nitrogens with zero attached hydrogens (tertiary/aromatic N) is 4. The van der Waals surface area contributed by atoms with Gasteiger partial charge in [-0.05, 0) is 13.8 Å². The molecule has 0 amide bonds. The van der Waals surface area contributed by atoms with Gasteiger partial charge in [0.1, 0.15) is 5.76 Å². The quantitative estimate of drug-likeness (QED) is 0.687. The van der Waals surface area contributed by atoms with Crippen molar-refractivity contribution < 1.29 is 9.32 Å². The van der Waals surface area contributed by atoms with Crippen LogP contribution in [0.2, 0.25) is 0 Å². The van der Waals surface area contributed by atoms with E-state index in [1.165, 1.54) is 0 Å². The number of hydrogen-bond donors (Lipinski definition) is 0. The summed E-state index contributed by atoms with van der Waals surface area (Å²) in [5.74, 6) is 0.745. The standard InChI is InChI=1S/C15H14N4O2/c1-10-13(11(2)21-17-10)8-19-15(14(9-20)16-18-19)12-6-4-3-5-7-12/h3-7,9H,8H2,1-2H3. The summed E-state index contributed by atoms with van der Waals surface area (Å²) in [4.78, 5) is 11.2. The number of aldehydes is 1. The van der Waals surface area contributed by atoms with E-state index in [9.17, 15) is 4.79 Å². The Morgan fingerprint density at radius 1 is 1.24 bits per heavy atom. The van der Waals surface area contributed by atoms with Crippen LogP contribution in [0, 0.1) is 13.8 Å². The average Bonchev–Trinajstić information content (AvgIpc) is 3.06. The Bertz CT molecular complexity index is 755. The molecule has 2 heterocycles. The average molecular weight is 282 g/mol. The van der Waals surface area contributed by atoms with Crippen LogP contribution in [-0.2, 0) is 6.54 Å². The highest BCUT2D eigenvalue weighted by molar-refractivity contribution is 5.83. The highest BCUT2D eigenvalue weighted by Gasteiger charge is 2.17. The van der Waals surface area contributed by atoms with Crippen molar-refractivity contribution in [3.05, 3.63) is 53.0 Å². The molecule has 0 aliphatic rings. The molecule has 2 aromatic heterocycles. The van der Waals surface area contributed by atoms with Crippen LogP contribution < -0.4 is 0 Å². The van der Waals surface area contributed by atoms with Crippen LogP contribution in [0.4, 0.5) is 0 Å². The van der Waals surface area contributed by atoms with Crippen molar-refractivity contribution in [1.82, 2.24) is 20.2 Å². The van der Waals surface area contributed by atoms with Crippen molar-refractivity contribution >= 4 is 6.29 Å². The van der Waals surface area contributed by atoms with E-state index < -0.39 is 0 Å². The molecule has 6 nitrogen and oxygen atoms in total. The van der Waals surface area contributed by atoms with E-state index >= 15 is 0 Å². The van der Waals surface area contributed by atoms with Crippen LogP contribution in [0.15, 0.2) is 34.9 Å². The molecule has 106 valence electrons. The second kappa shape index (κ2) is 5.32. The molecule has 3 rings (SSSR count). The summed E-state index contributed by atoms with van der Waals surface area (Å²) in [5, 5.41) is 12.0. The Hall–Kier alpha value is -2.76. The maximum Gasteiger partial charge on any atom is 0.172 e. The van der Waals surface area contributed by atoms with E-state index in [0.717, 1.165) is 28.9 Å². The Labute approximate surface area is 121 Å². The van der Waals surface area contributed by atoms with E-state index in [0.29, 0.717) is 17.9 Å². The van der Waals surface area contributed by atoms with Crippen molar-refractivity contribution in [2.75, 3.05) is 0 Å². The third-order valence-electron chi connectivity index (χ3n) is 3.41. The summed E-state index contributed by atoms with van der Waals surface area (Å²) in [6, 6.07) is 9.60. The zero-order valence-electron chi connectivity index (χ0n) is 11.8. The van der Waals surface area contributed by atoms with E-state index in [1.54, 1.807) is 4.68 Å². The molecular formula is C15H14N4O2. The molecule has 21 heavy (non-hydrogen) atoms. The van der Waals surface area contributed by atoms with Crippen molar-refractivity contribution in [3.8, 4) is 11.3 Å². The van der Waals surface area contributed by atoms with Gasteiger partial charge in [-0.3, -0.25) is 4.79 Å². The highest BCUT2D eigenvalue weighted by atomic mass is 16.5. The molecule has 0 bridgehead atoms. The Morgan fingerprint density at radius 3 is 2.62 bits per heavy atom. The fourth-order valence-corrected chi connectivity index (χ4v) is 2.29. The second-order valence-electron chi connectivity index (χ2n) is 4.77. The van der Waals surface area contributed by atoms with Gasteiger partial charge in [0.15, 0.2) is 12.0 Å². The number of aromatic nitrogens is 4. The van der Waals surface area contributed by atoms with E-state index in [4.69, 9.17) is 4.52 Å². The van der Waals surface area contributed by atoms with Crippen LogP contribution in [0.1, 0.15) is 27.5 Å². The van der Waals surface area contributed by atoms with Crippen LogP contribution in [0.5, 0.6) is 0 Å². The minimum absolute atomic E-state index is 0.327. The van der Waals surface area contributed by atoms with Gasteiger partial charge < -0.3 is 4.52 Å². The van der Waals surface area contributed by atoms with Gasteiger partial charge >= 0.3 is 0 Å². The highest BCUT2D eigenvalue weighted by Crippen LogP contribution is 2.23. The maximum atomic E-state index is 11.2. The SMILES string of the molecule is Cc1noc(C)c1Cn1nnc(C=O)c1-c1ccccc1. The lowest BCUT2D eigenvalue weighted by Crippen LogP contribution is -2.06. The minimum atomic E-state index is 0.327. The van der Waals surface area contributed by atoms with Crippen molar-refractivity contribution in [2.24, 2.45) is 0 Å². The van der Waals surface area contributed by atoms with E-state index in [-0.39, 0.29) is 0 Å². The lowest BCUT2D eigenvalue weighted by Gasteiger charge is -2.06. The minimum Gasteiger partial charge on any atom is -0.361 e. The van der Waals surface area contributed by atoms with Crippen LogP contribution >= 0.6 is 0 Å². The van der Waals surface area contributed by atoms with Gasteiger partial charge in [0.05, 0.1) is 17.9 Å². The molecule has 6 heteroatoms. The molecule has 1 aromatic carbocycles. The number of carbonyl (C=O) groups is 1. The first-order chi connectivity index (χ1) is 10.2. The summed E-state index contributed by atoms with van der Waals surface area (Å²) in [6.07, 6.45) is 0.721. The Kier molecular flexibility index (Phi) is 3.35. The number of rotatable bonds is 4. The van der Waals surface area contributed by atoms with E-state index in [2.05, 4.69) is 15.5 Å². The van der Waals surface area contributed by atoms with Gasteiger partial charge in [-0.25, -0.2) is 4.68 Å². The first-order valence-corrected chi connectivity index (χ1v) is 6.56. The number of aryl methyl sites for hydroxylation is 2. The van der Waals surface area contributed by atoms with Crippen molar-refractivity contribution in [2.45, 2.75) is 20.4 Å². The molecule has 0 aliphatic carbocycles. The van der Waals surface area contributed by atoms with Crippen molar-refractivity contribution in [3.63, 3.8) is 0 Å². The monoisotopic (exact) mass is 282 g/mol. The van der Waals surface area contributed by atoms with Crippen LogP contribution in [0.3, 0.4) is 0 Å². The van der Waals surface area contributed by atoms with Gasteiger partial charge in [-0.1, -0.05) is 40.7 Å². The Morgan fingerprint density at radius 2 is 2.00 bits per heavy atom. The molecule has 0 fully saturated rings. The summed E-state index contributed by atoms with van der Waals surface area (Å²) in [5.41, 5.74) is 3.69. The lowest BCUT2D eigenvalue weighted by atomic mass is 10.1. The molecule has 3 aromatic rings. The zero-order valence-corrected chi connectivity index (χ0v) is 11.8. The first-order valence-electron chi connectivity index (χ1n) is 6.56. The third kappa shape index (κ3) is 2.35. The van der Waals surface area contributed by atoms with Gasteiger partial charge in [-0.15, -0.1) is 5.10 Å². The molecule has 0 unspecified atom stereocenters. The summed E-state index contributed by atoms with van der Waals surface area (Å²) < 4.78 is 6.87. The van der Waals surface area contributed by atoms with Crippen LogP contribution in [0.25, 0.3) is 11.3 Å². The first kappa shape index (κ1) is 13.2. The van der Waals surface area contributed by atoms with Crippen LogP contribution in [-0.4, -0.2) is 26.4 Å². The predicted molar refractivity (Wildman–Crippen MR) is 75.9 cm³/mol. The molecule has 0 radical (unpaired) electrons. The molecule has 0 aliphatic heterocycles. The van der Waals surface area contributed by atoms with Crippen molar-refractivity contribution in [1.29, 1.82) is 0 Å². The van der Waals surface area contributed by atoms with E-state index in [1.807, 2.05) is 44.2 Å². The smallest absolute Gasteiger partial charge is 0.172 e. The second-order valence-corrected chi connectivity index (χ2v) is 4.77. The maximum absolute atomic E-state index is 11.2. The normalized spacial score (nSPS) is 10.8. The summed E-state index contributed by atoms with van der Waals surface area (Å²) in [7, 11) is 0. The van der Waals surface area contributed by atoms with Gasteiger partial charge in [-0.2, -0.15) is 0 Å². The topological polar surface area (TPSA) is 73.8 Å². The zero-order chi connectivity index (χ0) is 14.8. The summed E-state index contributed by atoms with van der Waals surface area (Å²) >= 11 is 0. The molecule has 0 atom stereocenters. The largest absolute Gasteiger partial charge is 0.361 e. The van der Waals surface area contributed by atoms with Gasteiger partial charge in [0, 0.05) is 11.1 Å². The molecule has 0 saturated heterocycles. The summed E-state index contributed by atoms with van der Waals surface area (Å²) in [6.45, 7) is 4.20. The number of hydrogen-bond acceptors (Lipinski definition) is 5. The molecule has 0 saturated carbocycles. The third-order valence-corrected chi connectivity index (χ3v) is 3.41. The Balaban J connectivity index is 2.08. The lowest BCUT2D eigenvalue weighted by molar-refractivity contribution is 0.111. The number of benzene rings is 1. The van der Waals surface area contributed by atoms with Gasteiger partial charge in [0.25, 0.3) is 0 Å². The number of carbonyl (C=O) groups excluding carboxylic acids is 1. The predicted octanol–water partition coefficient (Wildman–Crippen LogP) is 2.41. The van der Waals surface area contributed by atoms with Gasteiger partial charge in [0.2, 0.25) is 0 Å². The molecular weight excluding hydrogens is 268 g/mol. The molecule has 0 spiro atoms.